The molecule has 18 heavy (non-hydrogen) atoms. The number of aromatic nitrogens is 2. The van der Waals surface area contributed by atoms with Crippen LogP contribution < -0.4 is 5.32 Å². The van der Waals surface area contributed by atoms with Gasteiger partial charge in [-0.05, 0) is 18.2 Å². The van der Waals surface area contributed by atoms with Crippen LogP contribution in [0.2, 0.25) is 10.0 Å². The summed E-state index contributed by atoms with van der Waals surface area (Å²) in [5, 5.41) is 12.7. The van der Waals surface area contributed by atoms with Gasteiger partial charge >= 0.3 is 0 Å². The molecular formula is C11H7Cl2N3O2. The Kier molecular flexibility index (Phi) is 3.64. The van der Waals surface area contributed by atoms with E-state index in [4.69, 9.17) is 23.2 Å². The fourth-order valence-corrected chi connectivity index (χ4v) is 1.51. The maximum Gasteiger partial charge on any atom is 0.261 e. The molecule has 0 unspecified atom stereocenters. The second-order valence-corrected chi connectivity index (χ2v) is 4.21. The van der Waals surface area contributed by atoms with Crippen LogP contribution in [0.5, 0.6) is 5.75 Å². The topological polar surface area (TPSA) is 75.1 Å². The minimum Gasteiger partial charge on any atom is -0.507 e. The third kappa shape index (κ3) is 2.88. The van der Waals surface area contributed by atoms with E-state index in [0.717, 1.165) is 0 Å². The molecule has 1 aromatic carbocycles. The van der Waals surface area contributed by atoms with Crippen LogP contribution in [0.25, 0.3) is 0 Å². The molecule has 1 aromatic heterocycles. The van der Waals surface area contributed by atoms with Crippen molar-refractivity contribution in [3.8, 4) is 5.75 Å². The van der Waals surface area contributed by atoms with Crippen LogP contribution in [0.15, 0.2) is 30.6 Å². The van der Waals surface area contributed by atoms with Crippen molar-refractivity contribution in [2.75, 3.05) is 5.32 Å². The maximum absolute atomic E-state index is 11.8. The number of hydrogen-bond acceptors (Lipinski definition) is 4. The first-order chi connectivity index (χ1) is 8.56. The van der Waals surface area contributed by atoms with Gasteiger partial charge in [0.2, 0.25) is 5.95 Å². The Hall–Kier alpha value is -1.85. The highest BCUT2D eigenvalue weighted by atomic mass is 35.5. The van der Waals surface area contributed by atoms with Gasteiger partial charge in [0.1, 0.15) is 5.75 Å². The zero-order valence-electron chi connectivity index (χ0n) is 8.89. The van der Waals surface area contributed by atoms with E-state index < -0.39 is 5.91 Å². The molecule has 7 heteroatoms. The number of benzene rings is 1. The largest absolute Gasteiger partial charge is 0.507 e. The standard InChI is InChI=1S/C11H7Cl2N3O2/c12-6-1-2-9(17)8(3-6)10(18)16-11-14-4-7(13)5-15-11/h1-5,17H,(H,14,15,16,18). The molecule has 1 amide bonds. The fraction of sp³-hybridized carbons (Fsp3) is 0. The second kappa shape index (κ2) is 5.20. The number of carbonyl (C=O) groups excluding carboxylic acids is 1. The molecule has 1 heterocycles. The van der Waals surface area contributed by atoms with Gasteiger partial charge in [-0.3, -0.25) is 10.1 Å². The van der Waals surface area contributed by atoms with Crippen molar-refractivity contribution in [3.05, 3.63) is 46.2 Å². The summed E-state index contributed by atoms with van der Waals surface area (Å²) in [7, 11) is 0. The van der Waals surface area contributed by atoms with Crippen molar-refractivity contribution >= 4 is 35.1 Å². The Morgan fingerprint density at radius 2 is 1.83 bits per heavy atom. The van der Waals surface area contributed by atoms with Crippen molar-refractivity contribution in [3.63, 3.8) is 0 Å². The van der Waals surface area contributed by atoms with Gasteiger partial charge < -0.3 is 5.11 Å². The zero-order chi connectivity index (χ0) is 13.1. The quantitative estimate of drug-likeness (QED) is 0.889. The highest BCUT2D eigenvalue weighted by Gasteiger charge is 2.12. The van der Waals surface area contributed by atoms with Crippen LogP contribution in [0.3, 0.4) is 0 Å². The molecule has 0 aliphatic carbocycles. The summed E-state index contributed by atoms with van der Waals surface area (Å²) in [6, 6.07) is 4.16. The number of anilines is 1. The van der Waals surface area contributed by atoms with Gasteiger partial charge in [-0.15, -0.1) is 0 Å². The van der Waals surface area contributed by atoms with E-state index in [-0.39, 0.29) is 17.3 Å². The fourth-order valence-electron chi connectivity index (χ4n) is 1.24. The smallest absolute Gasteiger partial charge is 0.261 e. The highest BCUT2D eigenvalue weighted by Crippen LogP contribution is 2.22. The molecule has 0 aliphatic heterocycles. The Morgan fingerprint density at radius 1 is 1.17 bits per heavy atom. The van der Waals surface area contributed by atoms with Gasteiger partial charge in [0, 0.05) is 5.02 Å². The Balaban J connectivity index is 2.21. The van der Waals surface area contributed by atoms with Crippen molar-refractivity contribution in [1.29, 1.82) is 0 Å². The summed E-state index contributed by atoms with van der Waals surface area (Å²) in [5.74, 6) is -0.646. The number of amides is 1. The maximum atomic E-state index is 11.8. The first-order valence-electron chi connectivity index (χ1n) is 4.83. The molecule has 0 aliphatic rings. The molecule has 2 aromatic rings. The number of aromatic hydroxyl groups is 1. The number of carbonyl (C=O) groups is 1. The molecule has 0 atom stereocenters. The van der Waals surface area contributed by atoms with Crippen molar-refractivity contribution in [2.24, 2.45) is 0 Å². The van der Waals surface area contributed by atoms with Gasteiger partial charge in [0.15, 0.2) is 0 Å². The molecule has 0 fully saturated rings. The summed E-state index contributed by atoms with van der Waals surface area (Å²) in [5.41, 5.74) is 0.0426. The van der Waals surface area contributed by atoms with E-state index in [1.165, 1.54) is 30.6 Å². The molecule has 92 valence electrons. The van der Waals surface area contributed by atoms with Crippen molar-refractivity contribution in [2.45, 2.75) is 0 Å². The molecular weight excluding hydrogens is 277 g/mol. The summed E-state index contributed by atoms with van der Waals surface area (Å²) in [6.45, 7) is 0. The van der Waals surface area contributed by atoms with E-state index in [1.54, 1.807) is 0 Å². The van der Waals surface area contributed by atoms with Crippen LogP contribution in [0, 0.1) is 0 Å². The normalized spacial score (nSPS) is 10.1. The van der Waals surface area contributed by atoms with Crippen molar-refractivity contribution < 1.29 is 9.90 Å². The number of nitrogens with zero attached hydrogens (tertiary/aromatic N) is 2. The minimum atomic E-state index is -0.558. The molecule has 0 saturated carbocycles. The summed E-state index contributed by atoms with van der Waals surface area (Å²) in [4.78, 5) is 19.4. The van der Waals surface area contributed by atoms with Gasteiger partial charge in [0.05, 0.1) is 23.0 Å². The van der Waals surface area contributed by atoms with Crippen molar-refractivity contribution in [1.82, 2.24) is 9.97 Å². The lowest BCUT2D eigenvalue weighted by Gasteiger charge is -2.05. The SMILES string of the molecule is O=C(Nc1ncc(Cl)cn1)c1cc(Cl)ccc1O. The summed E-state index contributed by atoms with van der Waals surface area (Å²) < 4.78 is 0. The molecule has 0 bridgehead atoms. The predicted octanol–water partition coefficient (Wildman–Crippen LogP) is 2.74. The summed E-state index contributed by atoms with van der Waals surface area (Å²) >= 11 is 11.4. The van der Waals surface area contributed by atoms with E-state index in [1.807, 2.05) is 0 Å². The average molecular weight is 284 g/mol. The first-order valence-corrected chi connectivity index (χ1v) is 5.59. The molecule has 0 spiro atoms. The number of hydrogen-bond donors (Lipinski definition) is 2. The van der Waals surface area contributed by atoms with Crippen LogP contribution in [0.4, 0.5) is 5.95 Å². The molecule has 2 N–H and O–H groups in total. The average Bonchev–Trinajstić information content (AvgIpc) is 2.35. The van der Waals surface area contributed by atoms with Gasteiger partial charge in [-0.2, -0.15) is 0 Å². The van der Waals surface area contributed by atoms with Crippen LogP contribution in [0.1, 0.15) is 10.4 Å². The number of phenols is 1. The molecule has 5 nitrogen and oxygen atoms in total. The predicted molar refractivity (Wildman–Crippen MR) is 68.1 cm³/mol. The number of rotatable bonds is 2. The molecule has 0 saturated heterocycles. The van der Waals surface area contributed by atoms with Crippen LogP contribution in [-0.4, -0.2) is 21.0 Å². The van der Waals surface area contributed by atoms with Crippen LogP contribution in [-0.2, 0) is 0 Å². The molecule has 2 rings (SSSR count). The third-order valence-corrected chi connectivity index (χ3v) is 2.48. The number of phenolic OH excluding ortho intramolecular Hbond substituents is 1. The van der Waals surface area contributed by atoms with E-state index >= 15 is 0 Å². The number of halogens is 2. The Labute approximate surface area is 112 Å². The Bertz CT molecular complexity index is 587. The van der Waals surface area contributed by atoms with Gasteiger partial charge in [-0.25, -0.2) is 9.97 Å². The third-order valence-electron chi connectivity index (χ3n) is 2.05. The van der Waals surface area contributed by atoms with Gasteiger partial charge in [0.25, 0.3) is 5.91 Å². The highest BCUT2D eigenvalue weighted by molar-refractivity contribution is 6.31. The van der Waals surface area contributed by atoms with E-state index in [0.29, 0.717) is 10.0 Å². The van der Waals surface area contributed by atoms with Crippen LogP contribution >= 0.6 is 23.2 Å². The number of nitrogens with one attached hydrogen (secondary N) is 1. The first kappa shape index (κ1) is 12.6. The monoisotopic (exact) mass is 283 g/mol. The summed E-state index contributed by atoms with van der Waals surface area (Å²) in [6.07, 6.45) is 2.70. The lowest BCUT2D eigenvalue weighted by molar-refractivity contribution is 0.102. The zero-order valence-corrected chi connectivity index (χ0v) is 10.4. The van der Waals surface area contributed by atoms with Gasteiger partial charge in [-0.1, -0.05) is 23.2 Å². The second-order valence-electron chi connectivity index (χ2n) is 3.34. The lowest BCUT2D eigenvalue weighted by Crippen LogP contribution is -2.14. The minimum absolute atomic E-state index is 0.0426. The lowest BCUT2D eigenvalue weighted by atomic mass is 10.2. The Morgan fingerprint density at radius 3 is 2.50 bits per heavy atom. The van der Waals surface area contributed by atoms with E-state index in [2.05, 4.69) is 15.3 Å². The molecule has 0 radical (unpaired) electrons. The van der Waals surface area contributed by atoms with E-state index in [9.17, 15) is 9.90 Å².